The number of carbonyl (C=O) groups is 1. The minimum Gasteiger partial charge on any atom is -0.508 e. The number of hydrogen-bond acceptors (Lipinski definition) is 6. The van der Waals surface area contributed by atoms with E-state index in [4.69, 9.17) is 21.3 Å². The summed E-state index contributed by atoms with van der Waals surface area (Å²) in [4.78, 5) is 12.0. The van der Waals surface area contributed by atoms with Gasteiger partial charge in [0, 0.05) is 29.1 Å². The highest BCUT2D eigenvalue weighted by molar-refractivity contribution is 6.02. The van der Waals surface area contributed by atoms with Gasteiger partial charge in [-0.2, -0.15) is 0 Å². The minimum absolute atomic E-state index is 0.0634. The molecule has 1 amide bonds. The topological polar surface area (TPSA) is 131 Å². The molecule has 7 nitrogen and oxygen atoms in total. The van der Waals surface area contributed by atoms with Gasteiger partial charge in [-0.1, -0.05) is 0 Å². The molecule has 2 aromatic rings. The van der Waals surface area contributed by atoms with Gasteiger partial charge >= 0.3 is 0 Å². The van der Waals surface area contributed by atoms with E-state index in [1.54, 1.807) is 24.3 Å². The molecule has 7 heteroatoms. The monoisotopic (exact) mass is 329 g/mol. The molecule has 24 heavy (non-hydrogen) atoms. The highest BCUT2D eigenvalue weighted by Gasteiger charge is 2.05. The Labute approximate surface area is 139 Å². The van der Waals surface area contributed by atoms with Crippen molar-refractivity contribution >= 4 is 29.0 Å². The summed E-state index contributed by atoms with van der Waals surface area (Å²) in [5.74, 6) is 0.0622. The second-order valence-electron chi connectivity index (χ2n) is 4.96. The number of phenolic OH excluding ortho intramolecular Hbond substituents is 1. The Balaban J connectivity index is 2.06. The Hall–Kier alpha value is -3.19. The number of ether oxygens (including phenoxy) is 1. The number of aliphatic hydroxyl groups excluding tert-OH is 1. The van der Waals surface area contributed by atoms with Crippen LogP contribution in [-0.4, -0.2) is 29.3 Å². The first kappa shape index (κ1) is 17.2. The van der Waals surface area contributed by atoms with E-state index in [9.17, 15) is 9.90 Å². The van der Waals surface area contributed by atoms with E-state index in [1.807, 2.05) is 0 Å². The number of aromatic hydroxyl groups is 1. The molecule has 0 aliphatic rings. The molecular weight excluding hydrogens is 310 g/mol. The quantitative estimate of drug-likeness (QED) is 0.311. The van der Waals surface area contributed by atoms with Gasteiger partial charge in [0.2, 0.25) is 5.91 Å². The number of anilines is 3. The maximum absolute atomic E-state index is 12.0. The highest BCUT2D eigenvalue weighted by atomic mass is 16.5. The second-order valence-corrected chi connectivity index (χ2v) is 4.96. The van der Waals surface area contributed by atoms with Gasteiger partial charge in [0.15, 0.2) is 0 Å². The molecule has 0 heterocycles. The molecule has 0 fully saturated rings. The second kappa shape index (κ2) is 7.89. The predicted octanol–water partition coefficient (Wildman–Crippen LogP) is 1.58. The first-order valence-corrected chi connectivity index (χ1v) is 7.20. The molecule has 0 unspecified atom stereocenters. The van der Waals surface area contributed by atoms with E-state index in [2.05, 4.69) is 5.32 Å². The zero-order valence-corrected chi connectivity index (χ0v) is 12.9. The van der Waals surface area contributed by atoms with E-state index in [0.717, 1.165) is 0 Å². The fourth-order valence-electron chi connectivity index (χ4n) is 1.95. The van der Waals surface area contributed by atoms with Crippen molar-refractivity contribution in [2.75, 3.05) is 30.0 Å². The molecule has 0 aromatic heterocycles. The van der Waals surface area contributed by atoms with E-state index in [1.165, 1.54) is 24.3 Å². The van der Waals surface area contributed by atoms with Crippen LogP contribution in [0.15, 0.2) is 42.5 Å². The molecule has 0 saturated carbocycles. The van der Waals surface area contributed by atoms with E-state index < -0.39 is 0 Å². The van der Waals surface area contributed by atoms with E-state index in [-0.39, 0.29) is 24.9 Å². The van der Waals surface area contributed by atoms with Crippen LogP contribution in [0.3, 0.4) is 0 Å². The molecule has 2 rings (SSSR count). The predicted molar refractivity (Wildman–Crippen MR) is 93.6 cm³/mol. The summed E-state index contributed by atoms with van der Waals surface area (Å²) in [6.45, 7) is -0.0254. The van der Waals surface area contributed by atoms with Gasteiger partial charge in [0.25, 0.3) is 0 Å². The molecule has 0 bridgehead atoms. The van der Waals surface area contributed by atoms with Crippen molar-refractivity contribution in [1.82, 2.24) is 0 Å². The van der Waals surface area contributed by atoms with Gasteiger partial charge < -0.3 is 31.7 Å². The average molecular weight is 329 g/mol. The standard InChI is InChI=1S/C17H19N3O4/c18-14-5-3-13(22)9-11(14)1-6-17(23)20-12-2-4-15(19)16(10-12)24-8-7-21/h1-6,9-10,21-22H,7-8,18-19H2,(H,20,23). The van der Waals surface area contributed by atoms with Gasteiger partial charge in [0.05, 0.1) is 12.3 Å². The van der Waals surface area contributed by atoms with Gasteiger partial charge in [-0.05, 0) is 36.4 Å². The van der Waals surface area contributed by atoms with Crippen molar-refractivity contribution in [3.63, 3.8) is 0 Å². The Morgan fingerprint density at radius 1 is 1.17 bits per heavy atom. The van der Waals surface area contributed by atoms with Crippen molar-refractivity contribution in [1.29, 1.82) is 0 Å². The van der Waals surface area contributed by atoms with Crippen LogP contribution in [-0.2, 0) is 4.79 Å². The summed E-state index contributed by atoms with van der Waals surface area (Å²) < 4.78 is 5.28. The maximum atomic E-state index is 12.0. The van der Waals surface area contributed by atoms with Gasteiger partial charge in [0.1, 0.15) is 18.1 Å². The number of carbonyl (C=O) groups excluding carboxylic acids is 1. The lowest BCUT2D eigenvalue weighted by atomic mass is 10.1. The zero-order valence-electron chi connectivity index (χ0n) is 12.9. The summed E-state index contributed by atoms with van der Waals surface area (Å²) in [7, 11) is 0. The molecule has 2 aromatic carbocycles. The van der Waals surface area contributed by atoms with Crippen LogP contribution in [0.2, 0.25) is 0 Å². The molecule has 0 spiro atoms. The summed E-state index contributed by atoms with van der Waals surface area (Å²) in [6, 6.07) is 9.28. The van der Waals surface area contributed by atoms with Crippen molar-refractivity contribution in [2.45, 2.75) is 0 Å². The number of hydrogen-bond donors (Lipinski definition) is 5. The Bertz CT molecular complexity index is 759. The molecule has 0 atom stereocenters. The van der Waals surface area contributed by atoms with E-state index in [0.29, 0.717) is 28.4 Å². The fourth-order valence-corrected chi connectivity index (χ4v) is 1.95. The first-order chi connectivity index (χ1) is 11.5. The van der Waals surface area contributed by atoms with Crippen molar-refractivity contribution < 1.29 is 19.7 Å². The molecular formula is C17H19N3O4. The van der Waals surface area contributed by atoms with Crippen LogP contribution in [0.25, 0.3) is 6.08 Å². The van der Waals surface area contributed by atoms with Gasteiger partial charge in [-0.3, -0.25) is 4.79 Å². The number of phenols is 1. The number of nitrogens with two attached hydrogens (primary N) is 2. The third-order valence-corrected chi connectivity index (χ3v) is 3.11. The lowest BCUT2D eigenvalue weighted by molar-refractivity contribution is -0.111. The molecule has 0 aliphatic carbocycles. The normalized spacial score (nSPS) is 10.7. The van der Waals surface area contributed by atoms with Crippen LogP contribution in [0.4, 0.5) is 17.1 Å². The number of nitrogen functional groups attached to an aromatic ring is 2. The summed E-state index contributed by atoms with van der Waals surface area (Å²) >= 11 is 0. The van der Waals surface area contributed by atoms with Crippen LogP contribution >= 0.6 is 0 Å². The lowest BCUT2D eigenvalue weighted by Gasteiger charge is -2.10. The smallest absolute Gasteiger partial charge is 0.248 e. The third kappa shape index (κ3) is 4.65. The Morgan fingerprint density at radius 2 is 1.92 bits per heavy atom. The molecule has 7 N–H and O–H groups in total. The minimum atomic E-state index is -0.379. The average Bonchev–Trinajstić information content (AvgIpc) is 2.56. The number of benzene rings is 2. The van der Waals surface area contributed by atoms with Crippen LogP contribution in [0.5, 0.6) is 11.5 Å². The van der Waals surface area contributed by atoms with Crippen molar-refractivity contribution in [3.8, 4) is 11.5 Å². The molecule has 0 saturated heterocycles. The molecule has 126 valence electrons. The number of amides is 1. The SMILES string of the molecule is Nc1ccc(O)cc1C=CC(=O)Nc1ccc(N)c(OCCO)c1. The van der Waals surface area contributed by atoms with Gasteiger partial charge in [-0.25, -0.2) is 0 Å². The summed E-state index contributed by atoms with van der Waals surface area (Å²) in [6.07, 6.45) is 2.81. The Morgan fingerprint density at radius 3 is 2.67 bits per heavy atom. The van der Waals surface area contributed by atoms with Crippen molar-refractivity contribution in [3.05, 3.63) is 48.0 Å². The zero-order chi connectivity index (χ0) is 17.5. The van der Waals surface area contributed by atoms with Crippen LogP contribution in [0, 0.1) is 0 Å². The highest BCUT2D eigenvalue weighted by Crippen LogP contribution is 2.25. The van der Waals surface area contributed by atoms with Crippen molar-refractivity contribution in [2.24, 2.45) is 0 Å². The number of nitrogens with one attached hydrogen (secondary N) is 1. The van der Waals surface area contributed by atoms with E-state index >= 15 is 0 Å². The number of aliphatic hydroxyl groups is 1. The lowest BCUT2D eigenvalue weighted by Crippen LogP contribution is -2.09. The fraction of sp³-hybridized carbons (Fsp3) is 0.118. The maximum Gasteiger partial charge on any atom is 0.248 e. The van der Waals surface area contributed by atoms with Crippen LogP contribution < -0.4 is 21.5 Å². The molecule has 0 aliphatic heterocycles. The number of rotatable bonds is 6. The Kier molecular flexibility index (Phi) is 5.64. The molecule has 0 radical (unpaired) electrons. The largest absolute Gasteiger partial charge is 0.508 e. The van der Waals surface area contributed by atoms with Crippen LogP contribution in [0.1, 0.15) is 5.56 Å². The summed E-state index contributed by atoms with van der Waals surface area (Å²) in [5, 5.41) is 20.9. The van der Waals surface area contributed by atoms with Gasteiger partial charge in [-0.15, -0.1) is 0 Å². The third-order valence-electron chi connectivity index (χ3n) is 3.11. The first-order valence-electron chi connectivity index (χ1n) is 7.20. The summed E-state index contributed by atoms with van der Waals surface area (Å²) in [5.41, 5.74) is 13.4.